The number of rotatable bonds is 14. The van der Waals surface area contributed by atoms with Gasteiger partial charge in [-0.3, -0.25) is 4.79 Å². The highest BCUT2D eigenvalue weighted by atomic mass is 16.5. The molecule has 1 aromatic heterocycles. The van der Waals surface area contributed by atoms with Crippen molar-refractivity contribution in [1.29, 1.82) is 0 Å². The number of aromatic nitrogens is 2. The van der Waals surface area contributed by atoms with E-state index < -0.39 is 0 Å². The molecule has 1 N–H and O–H groups in total. The quantitative estimate of drug-likeness (QED) is 0.271. The van der Waals surface area contributed by atoms with E-state index in [-0.39, 0.29) is 5.91 Å². The fraction of sp³-hybridized carbons (Fsp3) is 0.407. The van der Waals surface area contributed by atoms with Crippen molar-refractivity contribution in [2.24, 2.45) is 0 Å². The normalized spacial score (nSPS) is 10.9. The van der Waals surface area contributed by atoms with Crippen molar-refractivity contribution in [2.75, 3.05) is 13.2 Å². The van der Waals surface area contributed by atoms with Gasteiger partial charge in [-0.15, -0.1) is 6.58 Å². The Morgan fingerprint density at radius 3 is 2.78 bits per heavy atom. The Morgan fingerprint density at radius 2 is 1.94 bits per heavy atom. The van der Waals surface area contributed by atoms with Crippen LogP contribution in [-0.4, -0.2) is 28.6 Å². The molecule has 5 heteroatoms. The number of para-hydroxylation sites is 3. The predicted molar refractivity (Wildman–Crippen MR) is 131 cm³/mol. The molecule has 0 bridgehead atoms. The highest BCUT2D eigenvalue weighted by molar-refractivity contribution is 5.76. The van der Waals surface area contributed by atoms with Crippen LogP contribution < -0.4 is 10.1 Å². The summed E-state index contributed by atoms with van der Waals surface area (Å²) in [6.07, 6.45) is 8.25. The molecule has 170 valence electrons. The van der Waals surface area contributed by atoms with Gasteiger partial charge >= 0.3 is 0 Å². The largest absolute Gasteiger partial charge is 0.491 e. The third-order valence-corrected chi connectivity index (χ3v) is 5.52. The van der Waals surface area contributed by atoms with Crippen LogP contribution >= 0.6 is 0 Å². The van der Waals surface area contributed by atoms with E-state index in [2.05, 4.69) is 40.7 Å². The SMILES string of the molecule is C=CCc1ccccc1OCCn1c(CCCCCNC(=O)CCC)nc2ccccc21. The number of fused-ring (bicyclic) bond motifs is 1. The Kier molecular flexibility index (Phi) is 9.36. The maximum atomic E-state index is 11.6. The van der Waals surface area contributed by atoms with Crippen molar-refractivity contribution in [3.8, 4) is 5.75 Å². The number of aryl methyl sites for hydroxylation is 1. The van der Waals surface area contributed by atoms with Gasteiger partial charge in [-0.05, 0) is 49.4 Å². The Balaban J connectivity index is 1.56. The Morgan fingerprint density at radius 1 is 1.12 bits per heavy atom. The molecule has 3 aromatic rings. The molecule has 1 amide bonds. The van der Waals surface area contributed by atoms with Crippen molar-refractivity contribution in [3.05, 3.63) is 72.6 Å². The van der Waals surface area contributed by atoms with Gasteiger partial charge in [-0.1, -0.05) is 49.8 Å². The molecule has 5 nitrogen and oxygen atoms in total. The average molecular weight is 434 g/mol. The summed E-state index contributed by atoms with van der Waals surface area (Å²) in [5, 5.41) is 2.99. The maximum Gasteiger partial charge on any atom is 0.219 e. The first-order chi connectivity index (χ1) is 15.7. The molecule has 0 radical (unpaired) electrons. The zero-order valence-corrected chi connectivity index (χ0v) is 19.2. The number of hydrogen-bond acceptors (Lipinski definition) is 3. The van der Waals surface area contributed by atoms with E-state index >= 15 is 0 Å². The summed E-state index contributed by atoms with van der Waals surface area (Å²) in [6.45, 7) is 7.96. The Labute approximate surface area is 191 Å². The second kappa shape index (κ2) is 12.7. The number of unbranched alkanes of at least 4 members (excludes halogenated alkanes) is 2. The van der Waals surface area contributed by atoms with E-state index in [0.29, 0.717) is 13.0 Å². The molecule has 1 heterocycles. The van der Waals surface area contributed by atoms with Gasteiger partial charge in [-0.2, -0.15) is 0 Å². The standard InChI is InChI=1S/C27H35N3O2/c1-3-12-22-14-7-10-17-25(22)32-21-20-30-24-16-9-8-15-23(24)29-26(30)18-6-5-11-19-28-27(31)13-4-2/h3,7-10,14-17H,1,4-6,11-13,18-21H2,2H3,(H,28,31). The molecule has 0 saturated heterocycles. The molecular weight excluding hydrogens is 398 g/mol. The summed E-state index contributed by atoms with van der Waals surface area (Å²) in [5.41, 5.74) is 3.34. The highest BCUT2D eigenvalue weighted by Gasteiger charge is 2.11. The first kappa shape index (κ1) is 23.6. The highest BCUT2D eigenvalue weighted by Crippen LogP contribution is 2.21. The third kappa shape index (κ3) is 6.71. The van der Waals surface area contributed by atoms with Gasteiger partial charge in [0.1, 0.15) is 18.2 Å². The number of ether oxygens (including phenoxy) is 1. The average Bonchev–Trinajstić information content (AvgIpc) is 3.15. The van der Waals surface area contributed by atoms with E-state index in [1.165, 1.54) is 0 Å². The fourth-order valence-corrected chi connectivity index (χ4v) is 3.91. The minimum atomic E-state index is 0.156. The lowest BCUT2D eigenvalue weighted by molar-refractivity contribution is -0.121. The number of hydrogen-bond donors (Lipinski definition) is 1. The predicted octanol–water partition coefficient (Wildman–Crippen LogP) is 5.47. The molecule has 32 heavy (non-hydrogen) atoms. The van der Waals surface area contributed by atoms with Crippen LogP contribution in [0.25, 0.3) is 11.0 Å². The Hall–Kier alpha value is -3.08. The fourth-order valence-electron chi connectivity index (χ4n) is 3.91. The van der Waals surface area contributed by atoms with Gasteiger partial charge in [0.25, 0.3) is 0 Å². The molecule has 0 unspecified atom stereocenters. The van der Waals surface area contributed by atoms with Gasteiger partial charge in [0.05, 0.1) is 17.6 Å². The third-order valence-electron chi connectivity index (χ3n) is 5.52. The van der Waals surface area contributed by atoms with Gasteiger partial charge in [0.2, 0.25) is 5.91 Å². The zero-order chi connectivity index (χ0) is 22.6. The second-order valence-corrected chi connectivity index (χ2v) is 8.03. The lowest BCUT2D eigenvalue weighted by atomic mass is 10.1. The van der Waals surface area contributed by atoms with Gasteiger partial charge in [-0.25, -0.2) is 4.98 Å². The van der Waals surface area contributed by atoms with Crippen LogP contribution in [0.2, 0.25) is 0 Å². The van der Waals surface area contributed by atoms with Crippen LogP contribution in [0.15, 0.2) is 61.2 Å². The molecule has 3 rings (SSSR count). The van der Waals surface area contributed by atoms with Crippen LogP contribution in [0, 0.1) is 0 Å². The Bertz CT molecular complexity index is 1010. The number of carbonyl (C=O) groups excluding carboxylic acids is 1. The number of nitrogens with one attached hydrogen (secondary N) is 1. The van der Waals surface area contributed by atoms with E-state index in [1.807, 2.05) is 37.3 Å². The zero-order valence-electron chi connectivity index (χ0n) is 19.2. The number of benzene rings is 2. The molecule has 0 aliphatic carbocycles. The summed E-state index contributed by atoms with van der Waals surface area (Å²) in [5.74, 6) is 2.18. The monoisotopic (exact) mass is 433 g/mol. The number of allylic oxidation sites excluding steroid dienone is 1. The van der Waals surface area contributed by atoms with E-state index in [1.54, 1.807) is 0 Å². The maximum absolute atomic E-state index is 11.6. The lowest BCUT2D eigenvalue weighted by Gasteiger charge is -2.13. The van der Waals surface area contributed by atoms with E-state index in [4.69, 9.17) is 9.72 Å². The second-order valence-electron chi connectivity index (χ2n) is 8.03. The number of nitrogens with zero attached hydrogens (tertiary/aromatic N) is 2. The minimum Gasteiger partial charge on any atom is -0.491 e. The number of carbonyl (C=O) groups is 1. The van der Waals surface area contributed by atoms with Crippen molar-refractivity contribution in [1.82, 2.24) is 14.9 Å². The first-order valence-electron chi connectivity index (χ1n) is 11.8. The molecular formula is C27H35N3O2. The molecule has 0 aliphatic heterocycles. The smallest absolute Gasteiger partial charge is 0.219 e. The van der Waals surface area contributed by atoms with Crippen molar-refractivity contribution in [3.63, 3.8) is 0 Å². The molecule has 2 aromatic carbocycles. The molecule has 0 aliphatic rings. The van der Waals surface area contributed by atoms with E-state index in [0.717, 1.165) is 79.8 Å². The van der Waals surface area contributed by atoms with Crippen LogP contribution in [0.3, 0.4) is 0 Å². The van der Waals surface area contributed by atoms with Crippen molar-refractivity contribution >= 4 is 16.9 Å². The topological polar surface area (TPSA) is 56.1 Å². The van der Waals surface area contributed by atoms with E-state index in [9.17, 15) is 4.79 Å². The van der Waals surface area contributed by atoms with Crippen molar-refractivity contribution < 1.29 is 9.53 Å². The molecule has 0 spiro atoms. The van der Waals surface area contributed by atoms with Gasteiger partial charge in [0.15, 0.2) is 0 Å². The molecule has 0 fully saturated rings. The van der Waals surface area contributed by atoms with Gasteiger partial charge in [0, 0.05) is 19.4 Å². The number of amides is 1. The van der Waals surface area contributed by atoms with Crippen LogP contribution in [0.1, 0.15) is 50.4 Å². The summed E-state index contributed by atoms with van der Waals surface area (Å²) in [6, 6.07) is 16.4. The van der Waals surface area contributed by atoms with Crippen molar-refractivity contribution in [2.45, 2.75) is 58.4 Å². The van der Waals surface area contributed by atoms with Crippen LogP contribution in [0.5, 0.6) is 5.75 Å². The summed E-state index contributed by atoms with van der Waals surface area (Å²) in [7, 11) is 0. The summed E-state index contributed by atoms with van der Waals surface area (Å²) in [4.78, 5) is 16.4. The molecule has 0 saturated carbocycles. The minimum absolute atomic E-state index is 0.156. The number of imidazole rings is 1. The summed E-state index contributed by atoms with van der Waals surface area (Å²) >= 11 is 0. The summed E-state index contributed by atoms with van der Waals surface area (Å²) < 4.78 is 8.42. The lowest BCUT2D eigenvalue weighted by Crippen LogP contribution is -2.23. The van der Waals surface area contributed by atoms with Gasteiger partial charge < -0.3 is 14.6 Å². The van der Waals surface area contributed by atoms with Crippen LogP contribution in [-0.2, 0) is 24.2 Å². The van der Waals surface area contributed by atoms with Crippen LogP contribution in [0.4, 0.5) is 0 Å². The first-order valence-corrected chi connectivity index (χ1v) is 11.8. The molecule has 0 atom stereocenters.